The maximum absolute atomic E-state index is 12.6. The molecule has 24 heavy (non-hydrogen) atoms. The number of hydrogen-bond acceptors (Lipinski definition) is 2. The van der Waals surface area contributed by atoms with E-state index in [4.69, 9.17) is 27.9 Å². The number of para-hydroxylation sites is 2. The van der Waals surface area contributed by atoms with Gasteiger partial charge in [-0.1, -0.05) is 53.5 Å². The van der Waals surface area contributed by atoms with Crippen LogP contribution in [0.4, 0.5) is 5.69 Å². The predicted molar refractivity (Wildman–Crippen MR) is 97.4 cm³/mol. The van der Waals surface area contributed by atoms with Crippen LogP contribution in [0.5, 0.6) is 11.5 Å². The molecule has 0 saturated carbocycles. The molecule has 0 heterocycles. The van der Waals surface area contributed by atoms with E-state index in [9.17, 15) is 4.79 Å². The van der Waals surface area contributed by atoms with E-state index < -0.39 is 0 Å². The molecule has 0 aliphatic heterocycles. The maximum Gasteiger partial charge on any atom is 0.259 e. The van der Waals surface area contributed by atoms with Gasteiger partial charge < -0.3 is 10.1 Å². The largest absolute Gasteiger partial charge is 0.457 e. The van der Waals surface area contributed by atoms with E-state index in [2.05, 4.69) is 5.32 Å². The summed E-state index contributed by atoms with van der Waals surface area (Å²) in [7, 11) is 0. The van der Waals surface area contributed by atoms with Gasteiger partial charge in [-0.2, -0.15) is 0 Å². The van der Waals surface area contributed by atoms with Crippen molar-refractivity contribution in [3.05, 3.63) is 88.4 Å². The highest BCUT2D eigenvalue weighted by Gasteiger charge is 2.13. The summed E-state index contributed by atoms with van der Waals surface area (Å²) in [5.74, 6) is 0.817. The van der Waals surface area contributed by atoms with Gasteiger partial charge in [-0.15, -0.1) is 0 Å². The number of rotatable bonds is 4. The van der Waals surface area contributed by atoms with E-state index in [0.717, 1.165) is 0 Å². The first-order chi connectivity index (χ1) is 11.6. The van der Waals surface area contributed by atoms with Gasteiger partial charge in [-0.25, -0.2) is 0 Å². The Kier molecular flexibility index (Phi) is 5.04. The van der Waals surface area contributed by atoms with Gasteiger partial charge in [0.1, 0.15) is 11.5 Å². The summed E-state index contributed by atoms with van der Waals surface area (Å²) in [6.45, 7) is 0. The Morgan fingerprint density at radius 2 is 1.46 bits per heavy atom. The highest BCUT2D eigenvalue weighted by atomic mass is 35.5. The van der Waals surface area contributed by atoms with Crippen LogP contribution >= 0.6 is 23.2 Å². The zero-order valence-corrected chi connectivity index (χ0v) is 14.0. The molecule has 5 heteroatoms. The van der Waals surface area contributed by atoms with Gasteiger partial charge in [0.15, 0.2) is 0 Å². The van der Waals surface area contributed by atoms with Crippen molar-refractivity contribution in [3.8, 4) is 11.5 Å². The highest BCUT2D eigenvalue weighted by Crippen LogP contribution is 2.27. The third kappa shape index (κ3) is 4.07. The van der Waals surface area contributed by atoms with Crippen LogP contribution in [0.15, 0.2) is 72.8 Å². The minimum absolute atomic E-state index is 0.306. The van der Waals surface area contributed by atoms with Gasteiger partial charge in [0.25, 0.3) is 5.91 Å². The van der Waals surface area contributed by atoms with Gasteiger partial charge in [-0.05, 0) is 42.5 Å². The fraction of sp³-hybridized carbons (Fsp3) is 0. The number of anilines is 1. The third-order valence-electron chi connectivity index (χ3n) is 3.22. The van der Waals surface area contributed by atoms with Crippen LogP contribution in [0.3, 0.4) is 0 Å². The van der Waals surface area contributed by atoms with Gasteiger partial charge in [0.05, 0.1) is 5.56 Å². The first kappa shape index (κ1) is 16.4. The van der Waals surface area contributed by atoms with Crippen molar-refractivity contribution in [2.24, 2.45) is 0 Å². The van der Waals surface area contributed by atoms with Crippen molar-refractivity contribution in [2.75, 3.05) is 5.32 Å². The molecule has 0 spiro atoms. The van der Waals surface area contributed by atoms with Crippen molar-refractivity contribution >= 4 is 34.8 Å². The quantitative estimate of drug-likeness (QED) is 0.618. The molecule has 1 N–H and O–H groups in total. The van der Waals surface area contributed by atoms with Crippen molar-refractivity contribution < 1.29 is 9.53 Å². The summed E-state index contributed by atoms with van der Waals surface area (Å²) < 4.78 is 5.80. The smallest absolute Gasteiger partial charge is 0.259 e. The van der Waals surface area contributed by atoms with E-state index in [1.165, 1.54) is 0 Å². The van der Waals surface area contributed by atoms with Crippen LogP contribution in [0.25, 0.3) is 0 Å². The molecule has 3 rings (SSSR count). The lowest BCUT2D eigenvalue weighted by Crippen LogP contribution is -2.13. The van der Waals surface area contributed by atoms with Crippen LogP contribution in [-0.2, 0) is 0 Å². The topological polar surface area (TPSA) is 38.3 Å². The Morgan fingerprint density at radius 1 is 0.833 bits per heavy atom. The predicted octanol–water partition coefficient (Wildman–Crippen LogP) is 6.04. The van der Waals surface area contributed by atoms with Crippen molar-refractivity contribution in [1.29, 1.82) is 0 Å². The fourth-order valence-electron chi connectivity index (χ4n) is 2.18. The fourth-order valence-corrected chi connectivity index (χ4v) is 2.71. The molecule has 0 fully saturated rings. The zero-order valence-electron chi connectivity index (χ0n) is 12.5. The van der Waals surface area contributed by atoms with Crippen molar-refractivity contribution in [1.82, 2.24) is 0 Å². The van der Waals surface area contributed by atoms with Crippen LogP contribution in [0, 0.1) is 0 Å². The van der Waals surface area contributed by atoms with E-state index in [0.29, 0.717) is 32.8 Å². The molecule has 0 atom stereocenters. The first-order valence-corrected chi connectivity index (χ1v) is 7.97. The Hall–Kier alpha value is -2.49. The molecule has 0 aromatic heterocycles. The summed E-state index contributed by atoms with van der Waals surface area (Å²) in [5.41, 5.74) is 0.935. The second-order valence-electron chi connectivity index (χ2n) is 5.02. The first-order valence-electron chi connectivity index (χ1n) is 7.21. The molecule has 0 unspecified atom stereocenters. The lowest BCUT2D eigenvalue weighted by atomic mass is 10.1. The normalized spacial score (nSPS) is 10.2. The molecule has 1 amide bonds. The second kappa shape index (κ2) is 7.39. The average molecular weight is 358 g/mol. The standard InChI is InChI=1S/C19H13Cl2NO2/c20-13-10-14(21)12-15(11-13)22-19(23)17-8-4-5-9-18(17)24-16-6-2-1-3-7-16/h1-12H,(H,22,23). The summed E-state index contributed by atoms with van der Waals surface area (Å²) in [5, 5.41) is 3.68. The van der Waals surface area contributed by atoms with Gasteiger partial charge in [0.2, 0.25) is 0 Å². The minimum atomic E-state index is -0.306. The van der Waals surface area contributed by atoms with Crippen LogP contribution in [0.1, 0.15) is 10.4 Å². The summed E-state index contributed by atoms with van der Waals surface area (Å²) in [6.07, 6.45) is 0. The summed E-state index contributed by atoms with van der Waals surface area (Å²) in [6, 6.07) is 21.2. The molecule has 0 saturated heterocycles. The van der Waals surface area contributed by atoms with E-state index in [-0.39, 0.29) is 5.91 Å². The van der Waals surface area contributed by atoms with E-state index >= 15 is 0 Å². The van der Waals surface area contributed by atoms with Crippen LogP contribution in [-0.4, -0.2) is 5.91 Å². The number of hydrogen-bond donors (Lipinski definition) is 1. The molecule has 0 aliphatic carbocycles. The molecule has 3 aromatic carbocycles. The van der Waals surface area contributed by atoms with Crippen molar-refractivity contribution in [2.45, 2.75) is 0 Å². The SMILES string of the molecule is O=C(Nc1cc(Cl)cc(Cl)c1)c1ccccc1Oc1ccccc1. The minimum Gasteiger partial charge on any atom is -0.457 e. The van der Waals surface area contributed by atoms with Gasteiger partial charge in [0, 0.05) is 15.7 Å². The number of nitrogens with one attached hydrogen (secondary N) is 1. The number of carbonyl (C=O) groups is 1. The zero-order chi connectivity index (χ0) is 16.9. The number of halogens is 2. The lowest BCUT2D eigenvalue weighted by Gasteiger charge is -2.12. The molecular weight excluding hydrogens is 345 g/mol. The highest BCUT2D eigenvalue weighted by molar-refractivity contribution is 6.35. The molecule has 0 aliphatic rings. The Labute approximate surface area is 149 Å². The summed E-state index contributed by atoms with van der Waals surface area (Å²) >= 11 is 11.9. The number of carbonyl (C=O) groups excluding carboxylic acids is 1. The molecule has 3 nitrogen and oxygen atoms in total. The third-order valence-corrected chi connectivity index (χ3v) is 3.66. The van der Waals surface area contributed by atoms with E-state index in [1.54, 1.807) is 36.4 Å². The Bertz CT molecular complexity index is 846. The number of amides is 1. The molecular formula is C19H13Cl2NO2. The lowest BCUT2D eigenvalue weighted by molar-refractivity contribution is 0.102. The molecule has 120 valence electrons. The van der Waals surface area contributed by atoms with Crippen molar-refractivity contribution in [3.63, 3.8) is 0 Å². The second-order valence-corrected chi connectivity index (χ2v) is 5.90. The number of benzene rings is 3. The molecule has 3 aromatic rings. The Morgan fingerprint density at radius 3 is 2.17 bits per heavy atom. The monoisotopic (exact) mass is 357 g/mol. The van der Waals surface area contributed by atoms with Crippen LogP contribution in [0.2, 0.25) is 10.0 Å². The Balaban J connectivity index is 1.85. The van der Waals surface area contributed by atoms with Gasteiger partial charge >= 0.3 is 0 Å². The molecule has 0 radical (unpaired) electrons. The summed E-state index contributed by atoms with van der Waals surface area (Å²) in [4.78, 5) is 12.6. The van der Waals surface area contributed by atoms with E-state index in [1.807, 2.05) is 36.4 Å². The van der Waals surface area contributed by atoms with Crippen LogP contribution < -0.4 is 10.1 Å². The number of ether oxygens (including phenoxy) is 1. The maximum atomic E-state index is 12.6. The molecule has 0 bridgehead atoms. The average Bonchev–Trinajstić information content (AvgIpc) is 2.55. The van der Waals surface area contributed by atoms with Gasteiger partial charge in [-0.3, -0.25) is 4.79 Å².